The van der Waals surface area contributed by atoms with Gasteiger partial charge in [0.25, 0.3) is 0 Å². The van der Waals surface area contributed by atoms with Crippen molar-refractivity contribution in [3.05, 3.63) is 162 Å². The molecule has 4 N–H and O–H groups in total. The van der Waals surface area contributed by atoms with Crippen molar-refractivity contribution in [3.63, 3.8) is 0 Å². The summed E-state index contributed by atoms with van der Waals surface area (Å²) in [6, 6.07) is 15.4. The minimum absolute atomic E-state index is 0.00691. The van der Waals surface area contributed by atoms with Crippen LogP contribution in [0.4, 0.5) is 51.7 Å². The molecule has 6 aromatic rings. The number of aliphatic hydroxyl groups is 1. The molecule has 0 aliphatic carbocycles. The predicted molar refractivity (Wildman–Crippen MR) is 356 cm³/mol. The van der Waals surface area contributed by atoms with Crippen LogP contribution in [0, 0.1) is 27.2 Å². The molecule has 0 radical (unpaired) electrons. The number of anilines is 7. The van der Waals surface area contributed by atoms with E-state index in [2.05, 4.69) is 94.6 Å². The summed E-state index contributed by atoms with van der Waals surface area (Å²) >= 11 is 11.4. The molecule has 9 heterocycles. The highest BCUT2D eigenvalue weighted by Crippen LogP contribution is 2.32. The Labute approximate surface area is 565 Å². The number of hydrogen-bond donors (Lipinski definition) is 4. The van der Waals surface area contributed by atoms with E-state index in [9.17, 15) is 58.6 Å². The largest absolute Gasteiger partial charge is 0.469 e. The molecule has 10 rings (SSSR count). The topological polar surface area (TPSA) is 406 Å². The van der Waals surface area contributed by atoms with Crippen LogP contribution in [0.5, 0.6) is 0 Å². The van der Waals surface area contributed by atoms with Crippen LogP contribution in [0.1, 0.15) is 67.0 Å². The van der Waals surface area contributed by atoms with Crippen molar-refractivity contribution in [3.8, 4) is 0 Å². The Balaban J connectivity index is 0.000000218. The molecule has 35 heteroatoms. The van der Waals surface area contributed by atoms with E-state index in [4.69, 9.17) is 28.3 Å². The normalized spacial score (nSPS) is 13.2. The number of benzene rings is 1. The number of esters is 5. The summed E-state index contributed by atoms with van der Waals surface area (Å²) in [5.41, 5.74) is 5.85. The van der Waals surface area contributed by atoms with Crippen molar-refractivity contribution < 1.29 is 77.0 Å². The Morgan fingerprint density at radius 3 is 1.51 bits per heavy atom. The average molecular weight is 1380 g/mol. The summed E-state index contributed by atoms with van der Waals surface area (Å²) in [6.45, 7) is 6.85. The lowest BCUT2D eigenvalue weighted by molar-refractivity contribution is -0.385. The van der Waals surface area contributed by atoms with Crippen LogP contribution in [0.3, 0.4) is 0 Å². The molecule has 0 saturated carbocycles. The average Bonchev–Trinajstić information content (AvgIpc) is 0.984. The van der Waals surface area contributed by atoms with Gasteiger partial charge in [-0.15, -0.1) is 0 Å². The van der Waals surface area contributed by atoms with Gasteiger partial charge in [-0.25, -0.2) is 39.3 Å². The fourth-order valence-electron chi connectivity index (χ4n) is 9.01. The Kier molecular flexibility index (Phi) is 29.3. The maximum atomic E-state index is 11.7. The second kappa shape index (κ2) is 37.1. The third-order valence-electron chi connectivity index (χ3n) is 13.7. The van der Waals surface area contributed by atoms with E-state index >= 15 is 0 Å². The summed E-state index contributed by atoms with van der Waals surface area (Å²) in [5, 5.41) is 39.1. The molecular weight excluding hydrogens is 1310 g/mol. The molecule has 33 nitrogen and oxygen atoms in total. The fraction of sp³-hybridized carbons (Fsp3) is 0.323. The first kappa shape index (κ1) is 76.6. The molecule has 0 fully saturated rings. The molecule has 97 heavy (non-hydrogen) atoms. The van der Waals surface area contributed by atoms with Gasteiger partial charge < -0.3 is 64.3 Å². The number of nitro groups is 2. The van der Waals surface area contributed by atoms with Crippen LogP contribution >= 0.6 is 23.2 Å². The number of likely N-dealkylation sites (N-methyl/N-ethyl adjacent to an activating group) is 4. The summed E-state index contributed by atoms with van der Waals surface area (Å²) in [6.07, 6.45) is 11.5. The Morgan fingerprint density at radius 2 is 1.06 bits per heavy atom. The van der Waals surface area contributed by atoms with Gasteiger partial charge in [0.05, 0.1) is 125 Å². The van der Waals surface area contributed by atoms with Crippen LogP contribution in [-0.2, 0) is 60.8 Å². The Morgan fingerprint density at radius 1 is 0.619 bits per heavy atom. The zero-order valence-electron chi connectivity index (χ0n) is 54.2. The number of amides is 3. The highest BCUT2D eigenvalue weighted by Gasteiger charge is 2.27. The van der Waals surface area contributed by atoms with Crippen molar-refractivity contribution in [2.24, 2.45) is 0 Å². The lowest BCUT2D eigenvalue weighted by atomic mass is 9.99. The van der Waals surface area contributed by atoms with E-state index in [1.165, 1.54) is 57.7 Å². The number of ether oxygens (including phenoxy) is 5. The molecule has 514 valence electrons. The monoisotopic (exact) mass is 1380 g/mol. The Bertz CT molecular complexity index is 3900. The number of nitrogens with zero attached hydrogens (tertiary/aromatic N) is 12. The molecule has 5 aromatic heterocycles. The number of carbonyl (C=O) groups is 8. The van der Waals surface area contributed by atoms with E-state index in [1.54, 1.807) is 35.2 Å². The number of hydrogen-bond acceptors (Lipinski definition) is 28. The molecule has 0 bridgehead atoms. The van der Waals surface area contributed by atoms with Crippen LogP contribution in [0.2, 0.25) is 10.2 Å². The first-order valence-electron chi connectivity index (χ1n) is 28.8. The van der Waals surface area contributed by atoms with Crippen molar-refractivity contribution >= 4 is 128 Å². The quantitative estimate of drug-likeness (QED) is 0.0235. The van der Waals surface area contributed by atoms with E-state index in [1.807, 2.05) is 43.4 Å². The molecule has 0 unspecified atom stereocenters. The second-order valence-corrected chi connectivity index (χ2v) is 21.6. The van der Waals surface area contributed by atoms with Gasteiger partial charge in [-0.1, -0.05) is 41.4 Å². The predicted octanol–water partition coefficient (Wildman–Crippen LogP) is 6.22. The lowest BCUT2D eigenvalue weighted by Gasteiger charge is -2.28. The summed E-state index contributed by atoms with van der Waals surface area (Å²) in [5.74, 6) is -0.671. The van der Waals surface area contributed by atoms with E-state index in [0.29, 0.717) is 54.3 Å². The van der Waals surface area contributed by atoms with E-state index in [0.717, 1.165) is 85.6 Å². The zero-order chi connectivity index (χ0) is 71.6. The number of carbonyl (C=O) groups excluding carboxylic acids is 8. The molecular formula is C62H70Cl2N15O18+. The molecule has 0 atom stereocenters. The van der Waals surface area contributed by atoms with Crippen LogP contribution in [0.25, 0.3) is 5.57 Å². The smallest absolute Gasteiger partial charge is 0.339 e. The number of rotatable bonds is 14. The first-order chi connectivity index (χ1) is 46.2. The standard InChI is InChI=1S/C20H21ClN4O.C11H13N3O6.C10H11N3O3.C9H11N3O2.C7H5ClN2O4.C5H9O2/c1-24-13-19(26)23-18-10-14(11-22-20(18)24)12-25-8-6-16(7-9-25)15-2-4-17(21)5-3-15;1-13(6-9(15)19-2)10-8(14(17)18)4-7(5-12-10)11(16)20-3;1-13-5-8(14)12-7-3-6(10(15)16-2)4-11-9(7)13;1-12-4-8(14)11-7-2-6(5-13)3-10-9(7)12;1-14-7(11)4-2-5(10(12)13)6(8)9-3-4;1-3-4-5(6)7-2/h2-6,10-11H,7-9,12-13H2,1H3,(H,23,26);4-5H,6H2,1-3H3;3-4H,5H2,1-2H3,(H,12,14);2-3,13H,4-5H2,1H3,(H,11,14);2-3H,1H3;1,3-4H2,2H3/q;;;;;+1. The fourth-order valence-corrected chi connectivity index (χ4v) is 9.31. The maximum Gasteiger partial charge on any atom is 0.339 e. The van der Waals surface area contributed by atoms with Crippen molar-refractivity contribution in [2.75, 3.05) is 139 Å². The minimum atomic E-state index is -0.734. The van der Waals surface area contributed by atoms with Gasteiger partial charge in [0.1, 0.15) is 6.54 Å². The zero-order valence-corrected chi connectivity index (χ0v) is 55.7. The van der Waals surface area contributed by atoms with Gasteiger partial charge in [-0.2, -0.15) is 0 Å². The van der Waals surface area contributed by atoms with Crippen molar-refractivity contribution in [1.29, 1.82) is 0 Å². The van der Waals surface area contributed by atoms with E-state index < -0.39 is 45.1 Å². The van der Waals surface area contributed by atoms with Crippen LogP contribution in [0.15, 0.2) is 91.7 Å². The first-order valence-corrected chi connectivity index (χ1v) is 29.6. The minimum Gasteiger partial charge on any atom is -0.469 e. The number of aromatic nitrogens is 5. The highest BCUT2D eigenvalue weighted by molar-refractivity contribution is 6.31. The molecule has 0 spiro atoms. The van der Waals surface area contributed by atoms with Gasteiger partial charge in [0.15, 0.2) is 17.5 Å². The van der Waals surface area contributed by atoms with E-state index in [-0.39, 0.29) is 65.5 Å². The van der Waals surface area contributed by atoms with Gasteiger partial charge in [-0.05, 0) is 59.0 Å². The van der Waals surface area contributed by atoms with Crippen LogP contribution < -0.4 is 35.6 Å². The van der Waals surface area contributed by atoms with Crippen LogP contribution in [-0.4, -0.2) is 195 Å². The number of fused-ring (bicyclic) bond motifs is 3. The summed E-state index contributed by atoms with van der Waals surface area (Å²) in [7, 11) is 13.1. The van der Waals surface area contributed by atoms with Gasteiger partial charge in [0, 0.05) is 96.0 Å². The molecule has 0 saturated heterocycles. The molecule has 3 amide bonds. The molecule has 4 aliphatic rings. The third-order valence-corrected chi connectivity index (χ3v) is 14.3. The van der Waals surface area contributed by atoms with Gasteiger partial charge >= 0.3 is 41.2 Å². The number of pyridine rings is 5. The lowest BCUT2D eigenvalue weighted by Crippen LogP contribution is -2.36. The Hall–Kier alpha value is -11.2. The number of nitrogens with one attached hydrogen (secondary N) is 3. The third kappa shape index (κ3) is 22.5. The summed E-state index contributed by atoms with van der Waals surface area (Å²) < 4.78 is 22.2. The SMILES string of the molecule is CN1CC(=O)Nc2cc(CN3CC=C(c4ccc(Cl)cc4)CC3)cnc21.CN1CC(=O)Nc2cc(CO)cnc21.COC(=O)CN(C)c1ncc(C(=O)OC)cc1[N+](=O)[O-].COC(=O)c1cnc(Cl)c([N+](=O)[O-])c1.COC(=O)c1cnc2c(c1)NC(=O)CN2C.[CH2+]CCC(=O)OC. The van der Waals surface area contributed by atoms with Gasteiger partial charge in [0.2, 0.25) is 28.7 Å². The van der Waals surface area contributed by atoms with Crippen molar-refractivity contribution in [1.82, 2.24) is 29.8 Å². The van der Waals surface area contributed by atoms with Crippen molar-refractivity contribution in [2.45, 2.75) is 32.4 Å². The number of aliphatic hydroxyl groups excluding tert-OH is 1. The maximum absolute atomic E-state index is 11.7. The molecule has 1 aromatic carbocycles. The number of halogens is 2. The number of methoxy groups -OCH3 is 5. The molecule has 4 aliphatic heterocycles. The summed E-state index contributed by atoms with van der Waals surface area (Å²) in [4.78, 5) is 138. The highest BCUT2D eigenvalue weighted by atomic mass is 35.5. The van der Waals surface area contributed by atoms with Gasteiger partial charge in [-0.3, -0.25) is 49.1 Å². The second-order valence-electron chi connectivity index (χ2n) is 20.8.